The van der Waals surface area contributed by atoms with Crippen molar-refractivity contribution in [2.24, 2.45) is 0 Å². The van der Waals surface area contributed by atoms with Crippen LogP contribution in [0.3, 0.4) is 0 Å². The molecule has 0 saturated heterocycles. The lowest BCUT2D eigenvalue weighted by atomic mass is 10.1. The minimum absolute atomic E-state index is 0.0492. The summed E-state index contributed by atoms with van der Waals surface area (Å²) >= 11 is 0. The monoisotopic (exact) mass is 448 g/mol. The molecule has 1 heterocycles. The molecule has 0 atom stereocenters. The Morgan fingerprint density at radius 1 is 1.19 bits per heavy atom. The van der Waals surface area contributed by atoms with Gasteiger partial charge in [-0.1, -0.05) is 12.1 Å². The van der Waals surface area contributed by atoms with E-state index in [1.54, 1.807) is 24.3 Å². The summed E-state index contributed by atoms with van der Waals surface area (Å²) in [7, 11) is 1.26. The van der Waals surface area contributed by atoms with E-state index < -0.39 is 17.3 Å². The predicted octanol–water partition coefficient (Wildman–Crippen LogP) is 3.85. The summed E-state index contributed by atoms with van der Waals surface area (Å²) in [6.07, 6.45) is 0. The van der Waals surface area contributed by atoms with Crippen LogP contribution >= 0.6 is 0 Å². The Bertz CT molecular complexity index is 1180. The van der Waals surface area contributed by atoms with E-state index in [0.717, 1.165) is 6.07 Å². The van der Waals surface area contributed by atoms with Gasteiger partial charge < -0.3 is 14.5 Å². The quantitative estimate of drug-likeness (QED) is 0.391. The molecule has 0 fully saturated rings. The number of fused-ring (bicyclic) bond motifs is 1. The molecular formula is C21H22F2N4O5. The third kappa shape index (κ3) is 5.17. The number of benzene rings is 2. The second kappa shape index (κ2) is 9.69. The van der Waals surface area contributed by atoms with E-state index in [0.29, 0.717) is 16.7 Å². The first-order chi connectivity index (χ1) is 15.2. The second-order valence-electron chi connectivity index (χ2n) is 7.30. The lowest BCUT2D eigenvalue weighted by Gasteiger charge is -2.26. The first-order valence-corrected chi connectivity index (χ1v) is 9.71. The molecule has 11 heteroatoms. The molecule has 0 saturated carbocycles. The number of nitro benzene ring substituents is 1. The molecule has 9 nitrogen and oxygen atoms in total. The first kappa shape index (κ1) is 23.1. The van der Waals surface area contributed by atoms with Crippen LogP contribution in [0.25, 0.3) is 10.9 Å². The van der Waals surface area contributed by atoms with Crippen molar-refractivity contribution >= 4 is 16.6 Å². The molecule has 3 aromatic rings. The Kier molecular flexibility index (Phi) is 6.98. The van der Waals surface area contributed by atoms with E-state index >= 15 is 0 Å². The Labute approximate surface area is 181 Å². The summed E-state index contributed by atoms with van der Waals surface area (Å²) < 4.78 is 34.8. The number of nitro groups is 1. The van der Waals surface area contributed by atoms with E-state index in [1.807, 2.05) is 18.7 Å². The largest absolute Gasteiger partial charge is 0.493 e. The highest BCUT2D eigenvalue weighted by Gasteiger charge is 2.24. The zero-order valence-corrected chi connectivity index (χ0v) is 17.7. The molecule has 1 aromatic heterocycles. The van der Waals surface area contributed by atoms with Crippen LogP contribution in [0.5, 0.6) is 11.5 Å². The summed E-state index contributed by atoms with van der Waals surface area (Å²) in [5.74, 6) is -0.0731. The van der Waals surface area contributed by atoms with Crippen LogP contribution in [0.2, 0.25) is 0 Å². The van der Waals surface area contributed by atoms with Crippen molar-refractivity contribution in [2.45, 2.75) is 39.6 Å². The third-order valence-electron chi connectivity index (χ3n) is 4.90. The van der Waals surface area contributed by atoms with Crippen molar-refractivity contribution in [3.05, 3.63) is 68.3 Å². The average molecular weight is 448 g/mol. The maximum Gasteiger partial charge on any atom is 0.387 e. The minimum Gasteiger partial charge on any atom is -0.493 e. The fraction of sp³-hybridized carbons (Fsp3) is 0.333. The van der Waals surface area contributed by atoms with Gasteiger partial charge in [-0.25, -0.2) is 4.98 Å². The molecule has 0 unspecified atom stereocenters. The van der Waals surface area contributed by atoms with Crippen molar-refractivity contribution in [1.82, 2.24) is 14.9 Å². The number of halogens is 2. The second-order valence-corrected chi connectivity index (χ2v) is 7.30. The number of H-pyrrole nitrogens is 1. The molecule has 0 radical (unpaired) electrons. The SMILES string of the molecule is COc1cc(CN(Cc2nc3ccccc3c(=O)[nH]2)C(C)C)c([N+](=O)[O-])cc1OC(F)F. The Hall–Kier alpha value is -3.60. The predicted molar refractivity (Wildman–Crippen MR) is 113 cm³/mol. The number of rotatable bonds is 9. The summed E-state index contributed by atoms with van der Waals surface area (Å²) in [6, 6.07) is 9.06. The topological polar surface area (TPSA) is 111 Å². The Balaban J connectivity index is 1.97. The normalized spacial score (nSPS) is 11.5. The number of hydrogen-bond acceptors (Lipinski definition) is 7. The molecule has 0 amide bonds. The molecule has 0 aliphatic carbocycles. The number of methoxy groups -OCH3 is 1. The van der Waals surface area contributed by atoms with Gasteiger partial charge in [-0.3, -0.25) is 19.8 Å². The number of aromatic nitrogens is 2. The van der Waals surface area contributed by atoms with Crippen LogP contribution in [0, 0.1) is 10.1 Å². The van der Waals surface area contributed by atoms with E-state index in [2.05, 4.69) is 14.7 Å². The third-order valence-corrected chi connectivity index (χ3v) is 4.90. The van der Waals surface area contributed by atoms with Gasteiger partial charge in [-0.15, -0.1) is 0 Å². The van der Waals surface area contributed by atoms with Gasteiger partial charge in [0.15, 0.2) is 11.5 Å². The fourth-order valence-electron chi connectivity index (χ4n) is 3.28. The highest BCUT2D eigenvalue weighted by atomic mass is 19.3. The zero-order chi connectivity index (χ0) is 23.4. The summed E-state index contributed by atoms with van der Waals surface area (Å²) in [5, 5.41) is 12.1. The fourth-order valence-corrected chi connectivity index (χ4v) is 3.28. The van der Waals surface area contributed by atoms with Crippen molar-refractivity contribution in [3.63, 3.8) is 0 Å². The van der Waals surface area contributed by atoms with Crippen LogP contribution in [0.1, 0.15) is 25.2 Å². The number of alkyl halides is 2. The first-order valence-electron chi connectivity index (χ1n) is 9.71. The Morgan fingerprint density at radius 2 is 1.91 bits per heavy atom. The molecule has 0 spiro atoms. The number of para-hydroxylation sites is 1. The zero-order valence-electron chi connectivity index (χ0n) is 17.7. The van der Waals surface area contributed by atoms with Crippen LogP contribution in [0.15, 0.2) is 41.2 Å². The van der Waals surface area contributed by atoms with Gasteiger partial charge in [0, 0.05) is 18.2 Å². The van der Waals surface area contributed by atoms with Crippen molar-refractivity contribution in [1.29, 1.82) is 0 Å². The maximum atomic E-state index is 12.7. The lowest BCUT2D eigenvalue weighted by Crippen LogP contribution is -2.31. The van der Waals surface area contributed by atoms with Gasteiger partial charge in [0.05, 0.1) is 35.5 Å². The van der Waals surface area contributed by atoms with Gasteiger partial charge >= 0.3 is 6.61 Å². The average Bonchev–Trinajstić information content (AvgIpc) is 2.73. The van der Waals surface area contributed by atoms with E-state index in [9.17, 15) is 23.7 Å². The van der Waals surface area contributed by atoms with E-state index in [1.165, 1.54) is 13.2 Å². The number of nitrogens with zero attached hydrogens (tertiary/aromatic N) is 3. The molecule has 0 bridgehead atoms. The van der Waals surface area contributed by atoms with Crippen molar-refractivity contribution in [2.75, 3.05) is 7.11 Å². The van der Waals surface area contributed by atoms with E-state index in [4.69, 9.17) is 4.74 Å². The van der Waals surface area contributed by atoms with Gasteiger partial charge in [0.2, 0.25) is 0 Å². The molecule has 170 valence electrons. The molecule has 1 N–H and O–H groups in total. The van der Waals surface area contributed by atoms with Crippen LogP contribution < -0.4 is 15.0 Å². The Morgan fingerprint density at radius 3 is 2.53 bits per heavy atom. The molecule has 0 aliphatic heterocycles. The lowest BCUT2D eigenvalue weighted by molar-refractivity contribution is -0.385. The minimum atomic E-state index is -3.16. The number of nitrogens with one attached hydrogen (secondary N) is 1. The molecule has 2 aromatic carbocycles. The smallest absolute Gasteiger partial charge is 0.387 e. The van der Waals surface area contributed by atoms with Gasteiger partial charge in [0.1, 0.15) is 5.82 Å². The molecule has 0 aliphatic rings. The number of hydrogen-bond donors (Lipinski definition) is 1. The van der Waals surface area contributed by atoms with Gasteiger partial charge in [-0.05, 0) is 32.0 Å². The van der Waals surface area contributed by atoms with Crippen LogP contribution in [-0.2, 0) is 13.1 Å². The standard InChI is InChI=1S/C21H22F2N4O5/c1-12(2)26(11-19-24-15-7-5-4-6-14(15)20(28)25-19)10-13-8-17(31-3)18(32-21(22)23)9-16(13)27(29)30/h4-9,12,21H,10-11H2,1-3H3,(H,24,25,28). The van der Waals surface area contributed by atoms with Crippen LogP contribution in [-0.4, -0.2) is 39.6 Å². The molecular weight excluding hydrogens is 426 g/mol. The summed E-state index contributed by atoms with van der Waals surface area (Å²) in [4.78, 5) is 32.4. The number of aromatic amines is 1. The molecule has 32 heavy (non-hydrogen) atoms. The highest BCUT2D eigenvalue weighted by molar-refractivity contribution is 5.77. The van der Waals surface area contributed by atoms with E-state index in [-0.39, 0.29) is 41.7 Å². The summed E-state index contributed by atoms with van der Waals surface area (Å²) in [6.45, 7) is 0.896. The van der Waals surface area contributed by atoms with Crippen LogP contribution in [0.4, 0.5) is 14.5 Å². The van der Waals surface area contributed by atoms with Crippen molar-refractivity contribution < 1.29 is 23.2 Å². The van der Waals surface area contributed by atoms with Gasteiger partial charge in [0.25, 0.3) is 11.2 Å². The summed E-state index contributed by atoms with van der Waals surface area (Å²) in [5.41, 5.74) is 0.115. The van der Waals surface area contributed by atoms with Crippen molar-refractivity contribution in [3.8, 4) is 11.5 Å². The molecule has 3 rings (SSSR count). The highest BCUT2D eigenvalue weighted by Crippen LogP contribution is 2.36. The maximum absolute atomic E-state index is 12.7. The number of ether oxygens (including phenoxy) is 2. The van der Waals surface area contributed by atoms with Gasteiger partial charge in [-0.2, -0.15) is 8.78 Å².